The Kier molecular flexibility index (Phi) is 6.71. The SMILES string of the molecule is CC.COc1ccccc1S(=O)(=O)Nc1ccc(Cl)cc1C. The Morgan fingerprint density at radius 2 is 1.73 bits per heavy atom. The van der Waals surface area contributed by atoms with Gasteiger partial charge in [0.2, 0.25) is 0 Å². The van der Waals surface area contributed by atoms with Gasteiger partial charge in [0.05, 0.1) is 12.8 Å². The number of anilines is 1. The van der Waals surface area contributed by atoms with Crippen LogP contribution in [0.15, 0.2) is 47.4 Å². The number of sulfonamides is 1. The molecule has 0 saturated heterocycles. The highest BCUT2D eigenvalue weighted by Crippen LogP contribution is 2.27. The lowest BCUT2D eigenvalue weighted by molar-refractivity contribution is 0.403. The van der Waals surface area contributed by atoms with Crippen LogP contribution in [0.3, 0.4) is 0 Å². The third-order valence-electron chi connectivity index (χ3n) is 2.79. The van der Waals surface area contributed by atoms with Crippen molar-refractivity contribution in [1.82, 2.24) is 0 Å². The first-order valence-electron chi connectivity index (χ1n) is 6.86. The molecule has 0 spiro atoms. The van der Waals surface area contributed by atoms with Crippen molar-refractivity contribution >= 4 is 27.3 Å². The lowest BCUT2D eigenvalue weighted by atomic mass is 10.2. The number of rotatable bonds is 4. The van der Waals surface area contributed by atoms with Crippen molar-refractivity contribution in [3.05, 3.63) is 53.1 Å². The first kappa shape index (κ1) is 18.3. The largest absolute Gasteiger partial charge is 0.495 e. The third-order valence-corrected chi connectivity index (χ3v) is 4.43. The molecule has 2 aromatic rings. The van der Waals surface area contributed by atoms with Crippen molar-refractivity contribution in [2.45, 2.75) is 25.7 Å². The van der Waals surface area contributed by atoms with E-state index in [0.29, 0.717) is 16.5 Å². The Hall–Kier alpha value is -1.72. The van der Waals surface area contributed by atoms with Crippen LogP contribution in [0.2, 0.25) is 5.02 Å². The van der Waals surface area contributed by atoms with Crippen LogP contribution in [0.5, 0.6) is 5.75 Å². The molecule has 22 heavy (non-hydrogen) atoms. The Morgan fingerprint density at radius 1 is 1.09 bits per heavy atom. The predicted molar refractivity (Wildman–Crippen MR) is 91.3 cm³/mol. The van der Waals surface area contributed by atoms with Gasteiger partial charge in [-0.3, -0.25) is 4.72 Å². The first-order valence-corrected chi connectivity index (χ1v) is 8.72. The monoisotopic (exact) mass is 341 g/mol. The number of hydrogen-bond donors (Lipinski definition) is 1. The summed E-state index contributed by atoms with van der Waals surface area (Å²) in [5.74, 6) is 0.298. The van der Waals surface area contributed by atoms with Crippen LogP contribution in [-0.2, 0) is 10.0 Å². The zero-order valence-electron chi connectivity index (χ0n) is 13.1. The minimum atomic E-state index is -3.71. The quantitative estimate of drug-likeness (QED) is 0.891. The summed E-state index contributed by atoms with van der Waals surface area (Å²) in [6.45, 7) is 5.78. The number of methoxy groups -OCH3 is 1. The standard InChI is InChI=1S/C14H14ClNO3S.C2H6/c1-10-9-11(15)7-8-12(10)16-20(17,18)14-6-4-3-5-13(14)19-2;1-2/h3-9,16H,1-2H3;1-2H3. The highest BCUT2D eigenvalue weighted by molar-refractivity contribution is 7.92. The average molecular weight is 342 g/mol. The van der Waals surface area contributed by atoms with Gasteiger partial charge in [0.25, 0.3) is 10.0 Å². The molecule has 0 aliphatic heterocycles. The van der Waals surface area contributed by atoms with Crippen LogP contribution in [0.1, 0.15) is 19.4 Å². The number of aryl methyl sites for hydroxylation is 1. The molecule has 4 nitrogen and oxygen atoms in total. The van der Waals surface area contributed by atoms with E-state index in [-0.39, 0.29) is 4.90 Å². The zero-order chi connectivity index (χ0) is 16.8. The maximum absolute atomic E-state index is 12.4. The summed E-state index contributed by atoms with van der Waals surface area (Å²) < 4.78 is 32.4. The van der Waals surface area contributed by atoms with Gasteiger partial charge in [0.1, 0.15) is 10.6 Å². The van der Waals surface area contributed by atoms with Gasteiger partial charge < -0.3 is 4.74 Å². The van der Waals surface area contributed by atoms with E-state index >= 15 is 0 Å². The minimum Gasteiger partial charge on any atom is -0.495 e. The fourth-order valence-electron chi connectivity index (χ4n) is 1.78. The number of ether oxygens (including phenoxy) is 1. The summed E-state index contributed by atoms with van der Waals surface area (Å²) in [6, 6.07) is 11.4. The predicted octanol–water partition coefficient (Wildman–Crippen LogP) is 4.48. The van der Waals surface area contributed by atoms with Crippen LogP contribution >= 0.6 is 11.6 Å². The molecule has 6 heteroatoms. The van der Waals surface area contributed by atoms with Crippen molar-refractivity contribution in [2.24, 2.45) is 0 Å². The molecule has 0 aliphatic rings. The number of halogens is 1. The third kappa shape index (κ3) is 4.39. The molecule has 2 aromatic carbocycles. The fraction of sp³-hybridized carbons (Fsp3) is 0.250. The number of hydrogen-bond acceptors (Lipinski definition) is 3. The molecule has 0 aromatic heterocycles. The molecule has 0 atom stereocenters. The summed E-state index contributed by atoms with van der Waals surface area (Å²) in [5.41, 5.74) is 1.23. The summed E-state index contributed by atoms with van der Waals surface area (Å²) in [5, 5.41) is 0.558. The van der Waals surface area contributed by atoms with E-state index in [9.17, 15) is 8.42 Å². The summed E-state index contributed by atoms with van der Waals surface area (Å²) in [7, 11) is -2.28. The first-order chi connectivity index (χ1) is 10.4. The number of benzene rings is 2. The lowest BCUT2D eigenvalue weighted by Gasteiger charge is -2.13. The second-order valence-electron chi connectivity index (χ2n) is 4.22. The second kappa shape index (κ2) is 8.06. The van der Waals surface area contributed by atoms with Gasteiger partial charge in [0, 0.05) is 5.02 Å². The molecule has 0 radical (unpaired) electrons. The summed E-state index contributed by atoms with van der Waals surface area (Å²) in [4.78, 5) is 0.0943. The number of para-hydroxylation sites is 1. The summed E-state index contributed by atoms with van der Waals surface area (Å²) in [6.07, 6.45) is 0. The molecule has 1 N–H and O–H groups in total. The fourth-order valence-corrected chi connectivity index (χ4v) is 3.31. The van der Waals surface area contributed by atoms with Gasteiger partial charge >= 0.3 is 0 Å². The zero-order valence-corrected chi connectivity index (χ0v) is 14.6. The van der Waals surface area contributed by atoms with E-state index in [1.807, 2.05) is 13.8 Å². The van der Waals surface area contributed by atoms with E-state index in [1.165, 1.54) is 13.2 Å². The molecule has 0 saturated carbocycles. The normalized spacial score (nSPS) is 10.4. The highest BCUT2D eigenvalue weighted by atomic mass is 35.5. The van der Waals surface area contributed by atoms with E-state index in [1.54, 1.807) is 43.3 Å². The van der Waals surface area contributed by atoms with Gasteiger partial charge in [-0.15, -0.1) is 0 Å². The van der Waals surface area contributed by atoms with E-state index in [4.69, 9.17) is 16.3 Å². The molecule has 0 heterocycles. The summed E-state index contributed by atoms with van der Waals surface area (Å²) >= 11 is 5.86. The molecule has 2 rings (SSSR count). The molecular weight excluding hydrogens is 322 g/mol. The van der Waals surface area contributed by atoms with Crippen molar-refractivity contribution in [1.29, 1.82) is 0 Å². The van der Waals surface area contributed by atoms with E-state index in [2.05, 4.69) is 4.72 Å². The Labute approximate surface area is 137 Å². The van der Waals surface area contributed by atoms with Gasteiger partial charge in [-0.25, -0.2) is 8.42 Å². The van der Waals surface area contributed by atoms with Gasteiger partial charge in [-0.1, -0.05) is 37.6 Å². The molecule has 0 fully saturated rings. The molecule has 120 valence electrons. The van der Waals surface area contributed by atoms with Crippen molar-refractivity contribution in [2.75, 3.05) is 11.8 Å². The molecule has 0 unspecified atom stereocenters. The van der Waals surface area contributed by atoms with Crippen molar-refractivity contribution < 1.29 is 13.2 Å². The lowest BCUT2D eigenvalue weighted by Crippen LogP contribution is -2.14. The van der Waals surface area contributed by atoms with Crippen LogP contribution in [-0.4, -0.2) is 15.5 Å². The smallest absolute Gasteiger partial charge is 0.265 e. The number of nitrogens with one attached hydrogen (secondary N) is 1. The van der Waals surface area contributed by atoms with Crippen LogP contribution in [0, 0.1) is 6.92 Å². The minimum absolute atomic E-state index is 0.0943. The van der Waals surface area contributed by atoms with E-state index in [0.717, 1.165) is 5.56 Å². The van der Waals surface area contributed by atoms with Crippen LogP contribution < -0.4 is 9.46 Å². The van der Waals surface area contributed by atoms with Gasteiger partial charge in [0.15, 0.2) is 0 Å². The molecule has 0 bridgehead atoms. The second-order valence-corrected chi connectivity index (χ2v) is 6.30. The van der Waals surface area contributed by atoms with Crippen LogP contribution in [0.25, 0.3) is 0 Å². The maximum atomic E-state index is 12.4. The maximum Gasteiger partial charge on any atom is 0.265 e. The van der Waals surface area contributed by atoms with Crippen molar-refractivity contribution in [3.63, 3.8) is 0 Å². The topological polar surface area (TPSA) is 55.4 Å². The van der Waals surface area contributed by atoms with E-state index < -0.39 is 10.0 Å². The average Bonchev–Trinajstić information content (AvgIpc) is 2.52. The van der Waals surface area contributed by atoms with Crippen molar-refractivity contribution in [3.8, 4) is 5.75 Å². The van der Waals surface area contributed by atoms with Gasteiger partial charge in [-0.05, 0) is 42.8 Å². The Bertz CT molecular complexity index is 730. The Balaban J connectivity index is 0.00000116. The molecule has 0 amide bonds. The Morgan fingerprint density at radius 3 is 2.32 bits per heavy atom. The van der Waals surface area contributed by atoms with Gasteiger partial charge in [-0.2, -0.15) is 0 Å². The van der Waals surface area contributed by atoms with Crippen LogP contribution in [0.4, 0.5) is 5.69 Å². The molecular formula is C16H20ClNO3S. The highest BCUT2D eigenvalue weighted by Gasteiger charge is 2.19. The molecule has 0 aliphatic carbocycles.